The van der Waals surface area contributed by atoms with Crippen molar-refractivity contribution in [3.8, 4) is 0 Å². The Hall–Kier alpha value is -5.11. The first-order valence-electron chi connectivity index (χ1n) is 16.2. The predicted octanol–water partition coefficient (Wildman–Crippen LogP) is 7.66. The number of nitrogens with one attached hydrogen (secondary N) is 1. The van der Waals surface area contributed by atoms with E-state index in [1.54, 1.807) is 24.8 Å². The average Bonchev–Trinajstić information content (AvgIpc) is 3.07. The zero-order chi connectivity index (χ0) is 34.8. The maximum atomic E-state index is 13.8. The summed E-state index contributed by atoms with van der Waals surface area (Å²) >= 11 is 0. The largest absolute Gasteiger partial charge is 0.460 e. The van der Waals surface area contributed by atoms with Crippen LogP contribution in [0.15, 0.2) is 104 Å². The van der Waals surface area contributed by atoms with Crippen molar-refractivity contribution in [2.45, 2.75) is 84.0 Å². The molecule has 0 saturated heterocycles. The van der Waals surface area contributed by atoms with Crippen LogP contribution in [0.25, 0.3) is 21.5 Å². The molecule has 1 aliphatic carbocycles. The first-order chi connectivity index (χ1) is 22.9. The monoisotopic (exact) mass is 647 g/mol. The van der Waals surface area contributed by atoms with Crippen LogP contribution in [0.2, 0.25) is 0 Å². The van der Waals surface area contributed by atoms with E-state index in [2.05, 4.69) is 39.6 Å². The van der Waals surface area contributed by atoms with E-state index in [4.69, 9.17) is 9.47 Å². The number of aryl methyl sites for hydroxylation is 1. The zero-order valence-electron chi connectivity index (χ0n) is 28.7. The first-order valence-corrected chi connectivity index (χ1v) is 16.2. The molecule has 0 saturated carbocycles. The lowest BCUT2D eigenvalue weighted by Gasteiger charge is -2.37. The van der Waals surface area contributed by atoms with Gasteiger partial charge in [0.25, 0.3) is 0 Å². The van der Waals surface area contributed by atoms with E-state index < -0.39 is 23.0 Å². The molecule has 5 aromatic rings. The van der Waals surface area contributed by atoms with E-state index >= 15 is 0 Å². The van der Waals surface area contributed by atoms with Crippen molar-refractivity contribution in [1.82, 2.24) is 15.3 Å². The minimum Gasteiger partial charge on any atom is -0.460 e. The molecule has 4 aromatic carbocycles. The molecule has 0 spiro atoms. The van der Waals surface area contributed by atoms with E-state index in [1.165, 1.54) is 0 Å². The fourth-order valence-electron chi connectivity index (χ4n) is 5.63. The second-order valence-electron chi connectivity index (χ2n) is 13.7. The minimum atomic E-state index is -1.49. The Morgan fingerprint density at radius 3 is 1.98 bits per heavy atom. The van der Waals surface area contributed by atoms with Crippen LogP contribution in [-0.4, -0.2) is 39.5 Å². The third kappa shape index (κ3) is 9.03. The highest BCUT2D eigenvalue weighted by molar-refractivity contribution is 6.12. The van der Waals surface area contributed by atoms with Gasteiger partial charge in [0, 0.05) is 30.3 Å². The summed E-state index contributed by atoms with van der Waals surface area (Å²) in [6.07, 6.45) is 9.11. The molecule has 1 atom stereocenters. The summed E-state index contributed by atoms with van der Waals surface area (Å²) in [5, 5.41) is 7.13. The van der Waals surface area contributed by atoms with Crippen LogP contribution in [0.1, 0.15) is 71.1 Å². The third-order valence-corrected chi connectivity index (χ3v) is 7.75. The van der Waals surface area contributed by atoms with Crippen LogP contribution >= 0.6 is 0 Å². The number of fused-ring (bicyclic) bond motifs is 5. The summed E-state index contributed by atoms with van der Waals surface area (Å²) in [6, 6.07) is 26.0. The second-order valence-corrected chi connectivity index (χ2v) is 13.7. The number of nitrogens with zero attached hydrogens (tertiary/aromatic N) is 2. The molecule has 0 radical (unpaired) electrons. The predicted molar refractivity (Wildman–Crippen MR) is 189 cm³/mol. The molecule has 250 valence electrons. The van der Waals surface area contributed by atoms with Gasteiger partial charge in [-0.25, -0.2) is 0 Å². The van der Waals surface area contributed by atoms with Gasteiger partial charge < -0.3 is 14.8 Å². The quantitative estimate of drug-likeness (QED) is 0.0903. The standard InChI is InChI=1S/C31H30O4.C5H11NO.C4H4N2/c1-30(2,3)35-29(33)31(28(32)34-20-21-10-5-4-6-11-21)19-9-14-26-25-16-15-22-12-7-8-13-23(22)24(25)17-18-27(26)31;1-5(2,3)6-4-7;1-2-6-4-3-5-1/h4-8,10-13,15-18H,9,14,19-20H2,1-3H3;4H,1-3H3,(H,6,7);1-4H. The number of benzene rings is 4. The number of amides is 1. The van der Waals surface area contributed by atoms with Crippen LogP contribution in [0.5, 0.6) is 0 Å². The zero-order valence-corrected chi connectivity index (χ0v) is 28.7. The Labute approximate surface area is 282 Å². The summed E-state index contributed by atoms with van der Waals surface area (Å²) in [5.41, 5.74) is 0.327. The fourth-order valence-corrected chi connectivity index (χ4v) is 5.63. The summed E-state index contributed by atoms with van der Waals surface area (Å²) < 4.78 is 11.7. The molecule has 8 heteroatoms. The molecule has 0 bridgehead atoms. The van der Waals surface area contributed by atoms with E-state index in [1.807, 2.05) is 96.1 Å². The lowest BCUT2D eigenvalue weighted by atomic mass is 9.68. The molecular weight excluding hydrogens is 602 g/mol. The van der Waals surface area contributed by atoms with E-state index in [-0.39, 0.29) is 12.1 Å². The van der Waals surface area contributed by atoms with Gasteiger partial charge in [-0.15, -0.1) is 0 Å². The number of hydrogen-bond donors (Lipinski definition) is 1. The maximum absolute atomic E-state index is 13.8. The molecule has 48 heavy (non-hydrogen) atoms. The molecule has 0 fully saturated rings. The highest BCUT2D eigenvalue weighted by Crippen LogP contribution is 2.44. The van der Waals surface area contributed by atoms with Crippen molar-refractivity contribution in [3.63, 3.8) is 0 Å². The average molecular weight is 648 g/mol. The number of carbonyl (C=O) groups excluding carboxylic acids is 3. The van der Waals surface area contributed by atoms with Crippen molar-refractivity contribution >= 4 is 39.9 Å². The second kappa shape index (κ2) is 15.7. The van der Waals surface area contributed by atoms with Crippen molar-refractivity contribution in [3.05, 3.63) is 120 Å². The van der Waals surface area contributed by atoms with Gasteiger partial charge in [-0.1, -0.05) is 78.9 Å². The molecular formula is C40H45N3O5. The van der Waals surface area contributed by atoms with Gasteiger partial charge in [-0.05, 0) is 99.0 Å². The summed E-state index contributed by atoms with van der Waals surface area (Å²) in [5.74, 6) is -1.08. The van der Waals surface area contributed by atoms with Crippen molar-refractivity contribution in [2.75, 3.05) is 0 Å². The molecule has 1 aromatic heterocycles. The van der Waals surface area contributed by atoms with Gasteiger partial charge in [0.2, 0.25) is 6.41 Å². The smallest absolute Gasteiger partial charge is 0.328 e. The topological polar surface area (TPSA) is 107 Å². The SMILES string of the molecule is CC(C)(C)NC=O.CC(C)(C)OC(=O)C1(C(=O)OCc2ccccc2)CCCc2c1ccc1c2ccc2ccccc21.c1cnccn1. The fraction of sp³-hybridized carbons (Fsp3) is 0.325. The van der Waals surface area contributed by atoms with Crippen molar-refractivity contribution in [2.24, 2.45) is 0 Å². The van der Waals surface area contributed by atoms with Gasteiger partial charge in [0.15, 0.2) is 5.41 Å². The van der Waals surface area contributed by atoms with Crippen molar-refractivity contribution < 1.29 is 23.9 Å². The molecule has 1 aliphatic rings. The number of carbonyl (C=O) groups is 3. The van der Waals surface area contributed by atoms with Crippen LogP contribution in [0, 0.1) is 0 Å². The van der Waals surface area contributed by atoms with Gasteiger partial charge in [-0.3, -0.25) is 24.4 Å². The third-order valence-electron chi connectivity index (χ3n) is 7.75. The molecule has 1 heterocycles. The van der Waals surface area contributed by atoms with Crippen LogP contribution in [0.4, 0.5) is 0 Å². The van der Waals surface area contributed by atoms with Crippen LogP contribution in [0.3, 0.4) is 0 Å². The van der Waals surface area contributed by atoms with Crippen LogP contribution < -0.4 is 5.32 Å². The Morgan fingerprint density at radius 2 is 1.40 bits per heavy atom. The van der Waals surface area contributed by atoms with E-state index in [0.29, 0.717) is 24.8 Å². The summed E-state index contributed by atoms with van der Waals surface area (Å²) in [6.45, 7) is 11.4. The molecule has 0 aliphatic heterocycles. The molecule has 6 rings (SSSR count). The number of esters is 2. The number of ether oxygens (including phenoxy) is 2. The van der Waals surface area contributed by atoms with Crippen LogP contribution in [-0.2, 0) is 42.3 Å². The highest BCUT2D eigenvalue weighted by Gasteiger charge is 2.54. The lowest BCUT2D eigenvalue weighted by Crippen LogP contribution is -2.50. The Morgan fingerprint density at radius 1 is 0.771 bits per heavy atom. The highest BCUT2D eigenvalue weighted by atomic mass is 16.6. The number of hydrogen-bond acceptors (Lipinski definition) is 7. The molecule has 8 nitrogen and oxygen atoms in total. The number of aromatic nitrogens is 2. The Kier molecular flexibility index (Phi) is 11.7. The molecule has 1 N–H and O–H groups in total. The van der Waals surface area contributed by atoms with Crippen molar-refractivity contribution in [1.29, 1.82) is 0 Å². The first kappa shape index (κ1) is 35.7. The van der Waals surface area contributed by atoms with E-state index in [9.17, 15) is 14.4 Å². The minimum absolute atomic E-state index is 0.0677. The Balaban J connectivity index is 0.000000335. The van der Waals surface area contributed by atoms with E-state index in [0.717, 1.165) is 39.1 Å². The Bertz CT molecular complexity index is 1800. The molecule has 1 unspecified atom stereocenters. The van der Waals surface area contributed by atoms with Gasteiger partial charge in [-0.2, -0.15) is 0 Å². The van der Waals surface area contributed by atoms with Gasteiger partial charge >= 0.3 is 11.9 Å². The lowest BCUT2D eigenvalue weighted by molar-refractivity contribution is -0.174. The van der Waals surface area contributed by atoms with Gasteiger partial charge in [0.1, 0.15) is 12.2 Å². The maximum Gasteiger partial charge on any atom is 0.328 e. The van der Waals surface area contributed by atoms with Gasteiger partial charge in [0.05, 0.1) is 0 Å². The number of rotatable bonds is 5. The summed E-state index contributed by atoms with van der Waals surface area (Å²) in [7, 11) is 0. The normalized spacial score (nSPS) is 15.5. The summed E-state index contributed by atoms with van der Waals surface area (Å²) in [4.78, 5) is 44.7. The molecule has 1 amide bonds.